The van der Waals surface area contributed by atoms with Crippen molar-refractivity contribution in [3.63, 3.8) is 0 Å². The maximum absolute atomic E-state index is 12.4. The maximum atomic E-state index is 12.4. The minimum absolute atomic E-state index is 0.0376. The molecule has 7 nitrogen and oxygen atoms in total. The smallest absolute Gasteiger partial charge is 0.407 e. The molecule has 0 aromatic heterocycles. The molecule has 35 heavy (non-hydrogen) atoms. The van der Waals surface area contributed by atoms with Crippen molar-refractivity contribution in [2.75, 3.05) is 13.2 Å². The van der Waals surface area contributed by atoms with Crippen LogP contribution in [0.2, 0.25) is 0 Å². The standard InChI is InChI=1S/C28H34N2O5/c1-2-20(15-27(32)33)30-26(31)14-18-11-12-19(13-18)16-29-28(34)35-17-25-23-9-5-3-7-21(23)22-8-4-6-10-24(22)25/h3-10,18-20,25H,2,11-17H2,1H3,(H,29,34)(H,30,31)(H,32,33)/t18?,19?,20-/m1/s1. The van der Waals surface area contributed by atoms with E-state index >= 15 is 0 Å². The Hall–Kier alpha value is -3.35. The van der Waals surface area contributed by atoms with Gasteiger partial charge in [0.25, 0.3) is 0 Å². The van der Waals surface area contributed by atoms with Gasteiger partial charge in [0.2, 0.25) is 5.91 Å². The number of amides is 2. The van der Waals surface area contributed by atoms with Crippen LogP contribution >= 0.6 is 0 Å². The number of fused-ring (bicyclic) bond motifs is 3. The second-order valence-corrected chi connectivity index (χ2v) is 9.73. The van der Waals surface area contributed by atoms with Gasteiger partial charge >= 0.3 is 12.1 Å². The lowest BCUT2D eigenvalue weighted by atomic mass is 9.98. The minimum Gasteiger partial charge on any atom is -0.481 e. The Bertz CT molecular complexity index is 1020. The highest BCUT2D eigenvalue weighted by Gasteiger charge is 2.30. The molecule has 2 unspecified atom stereocenters. The first kappa shape index (κ1) is 24.8. The van der Waals surface area contributed by atoms with Crippen molar-refractivity contribution in [1.29, 1.82) is 0 Å². The number of carbonyl (C=O) groups excluding carboxylic acids is 2. The van der Waals surface area contributed by atoms with E-state index < -0.39 is 12.1 Å². The number of hydrogen-bond acceptors (Lipinski definition) is 4. The second kappa shape index (κ2) is 11.4. The highest BCUT2D eigenvalue weighted by atomic mass is 16.5. The Morgan fingerprint density at radius 2 is 1.63 bits per heavy atom. The zero-order valence-electron chi connectivity index (χ0n) is 20.2. The molecule has 2 aliphatic rings. The van der Waals surface area contributed by atoms with Crippen LogP contribution in [-0.4, -0.2) is 42.3 Å². The molecule has 0 bridgehead atoms. The summed E-state index contributed by atoms with van der Waals surface area (Å²) in [6.45, 7) is 2.70. The number of carboxylic acids is 1. The average Bonchev–Trinajstić information content (AvgIpc) is 3.42. The Labute approximate surface area is 206 Å². The van der Waals surface area contributed by atoms with E-state index in [4.69, 9.17) is 9.84 Å². The summed E-state index contributed by atoms with van der Waals surface area (Å²) < 4.78 is 5.62. The van der Waals surface area contributed by atoms with Crippen molar-refractivity contribution in [3.8, 4) is 11.1 Å². The fraction of sp³-hybridized carbons (Fsp3) is 0.464. The fourth-order valence-electron chi connectivity index (χ4n) is 5.48. The van der Waals surface area contributed by atoms with Crippen molar-refractivity contribution >= 4 is 18.0 Å². The number of carbonyl (C=O) groups is 3. The third kappa shape index (κ3) is 6.21. The summed E-state index contributed by atoms with van der Waals surface area (Å²) in [6, 6.07) is 16.2. The Balaban J connectivity index is 1.20. The van der Waals surface area contributed by atoms with E-state index in [-0.39, 0.29) is 30.2 Å². The average molecular weight is 479 g/mol. The van der Waals surface area contributed by atoms with Gasteiger partial charge in [0, 0.05) is 24.9 Å². The predicted octanol–water partition coefficient (Wildman–Crippen LogP) is 4.70. The van der Waals surface area contributed by atoms with Crippen molar-refractivity contribution in [2.24, 2.45) is 11.8 Å². The first-order chi connectivity index (χ1) is 16.9. The van der Waals surface area contributed by atoms with E-state index in [1.807, 2.05) is 31.2 Å². The molecule has 0 saturated heterocycles. The second-order valence-electron chi connectivity index (χ2n) is 9.73. The minimum atomic E-state index is -0.905. The molecule has 0 radical (unpaired) electrons. The monoisotopic (exact) mass is 478 g/mol. The number of ether oxygens (including phenoxy) is 1. The molecule has 2 amide bonds. The largest absolute Gasteiger partial charge is 0.481 e. The van der Waals surface area contributed by atoms with Crippen LogP contribution in [-0.2, 0) is 14.3 Å². The van der Waals surface area contributed by atoms with Gasteiger partial charge in [0.05, 0.1) is 6.42 Å². The molecule has 2 aliphatic carbocycles. The molecule has 4 rings (SSSR count). The van der Waals surface area contributed by atoms with Gasteiger partial charge in [-0.1, -0.05) is 55.5 Å². The van der Waals surface area contributed by atoms with Crippen molar-refractivity contribution in [2.45, 2.75) is 57.4 Å². The van der Waals surface area contributed by atoms with Gasteiger partial charge in [0.1, 0.15) is 6.61 Å². The Kier molecular flexibility index (Phi) is 8.06. The predicted molar refractivity (Wildman–Crippen MR) is 133 cm³/mol. The number of hydrogen-bond donors (Lipinski definition) is 3. The number of aliphatic carboxylic acids is 1. The summed E-state index contributed by atoms with van der Waals surface area (Å²) in [7, 11) is 0. The molecule has 1 saturated carbocycles. The van der Waals surface area contributed by atoms with Gasteiger partial charge in [-0.25, -0.2) is 4.79 Å². The van der Waals surface area contributed by atoms with Crippen LogP contribution in [0.15, 0.2) is 48.5 Å². The van der Waals surface area contributed by atoms with Gasteiger partial charge < -0.3 is 20.5 Å². The van der Waals surface area contributed by atoms with Gasteiger partial charge in [-0.3, -0.25) is 9.59 Å². The van der Waals surface area contributed by atoms with Crippen molar-refractivity contribution in [3.05, 3.63) is 59.7 Å². The molecule has 0 heterocycles. The van der Waals surface area contributed by atoms with Gasteiger partial charge in [-0.05, 0) is 59.8 Å². The van der Waals surface area contributed by atoms with Crippen LogP contribution in [0.4, 0.5) is 4.79 Å². The lowest BCUT2D eigenvalue weighted by molar-refractivity contribution is -0.137. The molecule has 186 valence electrons. The van der Waals surface area contributed by atoms with E-state index in [0.717, 1.165) is 19.3 Å². The molecule has 0 spiro atoms. The molecular formula is C28H34N2O5. The molecule has 7 heteroatoms. The summed E-state index contributed by atoms with van der Waals surface area (Å²) in [5.41, 5.74) is 4.77. The third-order valence-corrected chi connectivity index (χ3v) is 7.28. The zero-order chi connectivity index (χ0) is 24.8. The topological polar surface area (TPSA) is 105 Å². The third-order valence-electron chi connectivity index (χ3n) is 7.28. The molecule has 0 aliphatic heterocycles. The summed E-state index contributed by atoms with van der Waals surface area (Å²) in [6.07, 6.45) is 3.28. The lowest BCUT2D eigenvalue weighted by Crippen LogP contribution is -2.36. The van der Waals surface area contributed by atoms with E-state index in [9.17, 15) is 14.4 Å². The highest BCUT2D eigenvalue weighted by Crippen LogP contribution is 2.44. The van der Waals surface area contributed by atoms with Gasteiger partial charge in [-0.2, -0.15) is 0 Å². The first-order valence-corrected chi connectivity index (χ1v) is 12.5. The number of rotatable bonds is 10. The molecule has 2 aromatic carbocycles. The van der Waals surface area contributed by atoms with E-state index in [2.05, 4.69) is 34.9 Å². The number of benzene rings is 2. The summed E-state index contributed by atoms with van der Waals surface area (Å²) in [5, 5.41) is 14.7. The van der Waals surface area contributed by atoms with Gasteiger partial charge in [-0.15, -0.1) is 0 Å². The number of nitrogens with one attached hydrogen (secondary N) is 2. The Morgan fingerprint density at radius 1 is 1.00 bits per heavy atom. The molecule has 3 atom stereocenters. The van der Waals surface area contributed by atoms with Crippen molar-refractivity contribution < 1.29 is 24.2 Å². The first-order valence-electron chi connectivity index (χ1n) is 12.5. The zero-order valence-corrected chi connectivity index (χ0v) is 20.2. The van der Waals surface area contributed by atoms with Crippen LogP contribution in [0.5, 0.6) is 0 Å². The van der Waals surface area contributed by atoms with Crippen LogP contribution in [0, 0.1) is 11.8 Å². The van der Waals surface area contributed by atoms with Gasteiger partial charge in [0.15, 0.2) is 0 Å². The van der Waals surface area contributed by atoms with E-state index in [1.165, 1.54) is 22.3 Å². The number of alkyl carbamates (subject to hydrolysis) is 1. The Morgan fingerprint density at radius 3 is 2.26 bits per heavy atom. The van der Waals surface area contributed by atoms with E-state index in [1.54, 1.807) is 0 Å². The summed E-state index contributed by atoms with van der Waals surface area (Å²) >= 11 is 0. The summed E-state index contributed by atoms with van der Waals surface area (Å²) in [5.74, 6) is -0.387. The normalized spacial score (nSPS) is 19.5. The molecule has 1 fully saturated rings. The van der Waals surface area contributed by atoms with Crippen LogP contribution in [0.25, 0.3) is 11.1 Å². The lowest BCUT2D eigenvalue weighted by Gasteiger charge is -2.17. The quantitative estimate of drug-likeness (QED) is 0.459. The maximum Gasteiger partial charge on any atom is 0.407 e. The number of carboxylic acid groups (broad SMARTS) is 1. The van der Waals surface area contributed by atoms with Crippen LogP contribution < -0.4 is 10.6 Å². The highest BCUT2D eigenvalue weighted by molar-refractivity contribution is 5.79. The van der Waals surface area contributed by atoms with Crippen molar-refractivity contribution in [1.82, 2.24) is 10.6 Å². The van der Waals surface area contributed by atoms with Crippen LogP contribution in [0.1, 0.15) is 62.5 Å². The molecule has 3 N–H and O–H groups in total. The fourth-order valence-corrected chi connectivity index (χ4v) is 5.48. The SMILES string of the molecule is CC[C@H](CC(=O)O)NC(=O)CC1CCC(CNC(=O)OCC2c3ccccc3-c3ccccc32)C1. The molecular weight excluding hydrogens is 444 g/mol. The van der Waals surface area contributed by atoms with Crippen LogP contribution in [0.3, 0.4) is 0 Å². The summed E-state index contributed by atoms with van der Waals surface area (Å²) in [4.78, 5) is 35.7. The molecule has 2 aromatic rings. The van der Waals surface area contributed by atoms with E-state index in [0.29, 0.717) is 31.9 Å².